The Morgan fingerprint density at radius 1 is 1.38 bits per heavy atom. The van der Waals surface area contributed by atoms with Crippen LogP contribution in [0.1, 0.15) is 11.1 Å². The number of ether oxygens (including phenoxy) is 1. The van der Waals surface area contributed by atoms with Crippen molar-refractivity contribution in [3.05, 3.63) is 56.4 Å². The molecule has 126 valence electrons. The van der Waals surface area contributed by atoms with Crippen LogP contribution in [0.4, 0.5) is 5.13 Å². The lowest BCUT2D eigenvalue weighted by atomic mass is 10.2. The van der Waals surface area contributed by atoms with Gasteiger partial charge in [-0.3, -0.25) is 14.3 Å². The van der Waals surface area contributed by atoms with Crippen LogP contribution in [0.3, 0.4) is 0 Å². The van der Waals surface area contributed by atoms with E-state index in [2.05, 4.69) is 15.3 Å². The van der Waals surface area contributed by atoms with Crippen LogP contribution in [0.15, 0.2) is 34.0 Å². The third-order valence-corrected chi connectivity index (χ3v) is 4.83. The van der Waals surface area contributed by atoms with Gasteiger partial charge in [-0.1, -0.05) is 23.5 Å². The summed E-state index contributed by atoms with van der Waals surface area (Å²) in [4.78, 5) is 30.5. The Hall–Kier alpha value is -2.45. The van der Waals surface area contributed by atoms with E-state index < -0.39 is 11.2 Å². The highest BCUT2D eigenvalue weighted by Crippen LogP contribution is 2.28. The lowest BCUT2D eigenvalue weighted by Crippen LogP contribution is -2.33. The van der Waals surface area contributed by atoms with Crippen molar-refractivity contribution in [2.45, 2.75) is 20.0 Å². The standard InChI is InChI=1S/C16H18N4O3S/c1-10-4-3-5-12-13(10)24-15(18-12)17-8-11-9-20(6-7-23-2)16(22)19-14(11)21/h3-5,9H,6-8H2,1-2H3,(H,17,18)(H,19,21,22). The second-order valence-electron chi connectivity index (χ2n) is 5.40. The largest absolute Gasteiger partial charge is 0.383 e. The van der Waals surface area contributed by atoms with Gasteiger partial charge in [0.1, 0.15) is 0 Å². The molecule has 0 spiro atoms. The molecule has 1 aromatic carbocycles. The molecule has 0 saturated carbocycles. The molecule has 0 aliphatic heterocycles. The number of thiazole rings is 1. The lowest BCUT2D eigenvalue weighted by Gasteiger charge is -2.07. The van der Waals surface area contributed by atoms with E-state index in [1.54, 1.807) is 24.6 Å². The Labute approximate surface area is 141 Å². The van der Waals surface area contributed by atoms with E-state index in [1.807, 2.05) is 25.1 Å². The minimum atomic E-state index is -0.434. The van der Waals surface area contributed by atoms with Crippen LogP contribution >= 0.6 is 11.3 Å². The first-order valence-corrected chi connectivity index (χ1v) is 8.31. The molecule has 3 aromatic rings. The van der Waals surface area contributed by atoms with E-state index in [1.165, 1.54) is 10.1 Å². The van der Waals surface area contributed by atoms with Crippen LogP contribution < -0.4 is 16.6 Å². The summed E-state index contributed by atoms with van der Waals surface area (Å²) in [6.45, 7) is 3.12. The molecular formula is C16H18N4O3S. The fraction of sp³-hybridized carbons (Fsp3) is 0.312. The quantitative estimate of drug-likeness (QED) is 0.709. The van der Waals surface area contributed by atoms with E-state index in [0.29, 0.717) is 25.3 Å². The predicted octanol–water partition coefficient (Wildman–Crippen LogP) is 1.71. The summed E-state index contributed by atoms with van der Waals surface area (Å²) >= 11 is 1.55. The number of aromatic amines is 1. The Kier molecular flexibility index (Phi) is 4.77. The lowest BCUT2D eigenvalue weighted by molar-refractivity contribution is 0.185. The summed E-state index contributed by atoms with van der Waals surface area (Å²) in [5, 5.41) is 3.91. The second kappa shape index (κ2) is 6.98. The van der Waals surface area contributed by atoms with Crippen LogP contribution in [0.25, 0.3) is 10.2 Å². The van der Waals surface area contributed by atoms with Crippen LogP contribution in [0, 0.1) is 6.92 Å². The van der Waals surface area contributed by atoms with Gasteiger partial charge in [-0.2, -0.15) is 0 Å². The van der Waals surface area contributed by atoms with Gasteiger partial charge >= 0.3 is 5.69 Å². The molecule has 0 amide bonds. The minimum Gasteiger partial charge on any atom is -0.383 e. The first-order valence-electron chi connectivity index (χ1n) is 7.50. The average molecular weight is 346 g/mol. The molecule has 2 N–H and O–H groups in total. The molecule has 0 atom stereocenters. The number of hydrogen-bond acceptors (Lipinski definition) is 6. The smallest absolute Gasteiger partial charge is 0.328 e. The molecule has 24 heavy (non-hydrogen) atoms. The number of anilines is 1. The van der Waals surface area contributed by atoms with Gasteiger partial charge in [0.05, 0.1) is 28.9 Å². The summed E-state index contributed by atoms with van der Waals surface area (Å²) < 4.78 is 7.53. The molecule has 3 rings (SSSR count). The highest BCUT2D eigenvalue weighted by Gasteiger charge is 2.08. The molecule has 0 fully saturated rings. The van der Waals surface area contributed by atoms with Crippen LogP contribution in [-0.2, 0) is 17.8 Å². The number of fused-ring (bicyclic) bond motifs is 1. The van der Waals surface area contributed by atoms with Gasteiger partial charge in [-0.15, -0.1) is 0 Å². The van der Waals surface area contributed by atoms with Gasteiger partial charge in [0.2, 0.25) is 0 Å². The maximum atomic E-state index is 12.0. The highest BCUT2D eigenvalue weighted by atomic mass is 32.1. The maximum Gasteiger partial charge on any atom is 0.328 e. The summed E-state index contributed by atoms with van der Waals surface area (Å²) in [6, 6.07) is 5.97. The molecule has 0 aliphatic rings. The van der Waals surface area contributed by atoms with Gasteiger partial charge in [0.25, 0.3) is 5.56 Å². The predicted molar refractivity (Wildman–Crippen MR) is 94.9 cm³/mol. The third-order valence-electron chi connectivity index (χ3n) is 3.66. The van der Waals surface area contributed by atoms with Crippen molar-refractivity contribution >= 4 is 26.7 Å². The fourth-order valence-corrected chi connectivity index (χ4v) is 3.30. The van der Waals surface area contributed by atoms with Gasteiger partial charge in [-0.25, -0.2) is 9.78 Å². The number of methoxy groups -OCH3 is 1. The number of aryl methyl sites for hydroxylation is 1. The molecule has 0 saturated heterocycles. The van der Waals surface area contributed by atoms with Gasteiger partial charge in [0, 0.05) is 19.9 Å². The highest BCUT2D eigenvalue weighted by molar-refractivity contribution is 7.22. The van der Waals surface area contributed by atoms with Crippen LogP contribution in [0.2, 0.25) is 0 Å². The number of rotatable bonds is 6. The van der Waals surface area contributed by atoms with Crippen molar-refractivity contribution in [2.75, 3.05) is 19.0 Å². The number of aromatic nitrogens is 3. The fourth-order valence-electron chi connectivity index (χ4n) is 2.37. The zero-order chi connectivity index (χ0) is 17.1. The first-order chi connectivity index (χ1) is 11.6. The molecule has 0 aliphatic carbocycles. The molecule has 8 heteroatoms. The first kappa shape index (κ1) is 16.4. The number of benzene rings is 1. The Bertz CT molecular complexity index is 973. The SMILES string of the molecule is COCCn1cc(CNc2nc3cccc(C)c3s2)c(=O)[nH]c1=O. The van der Waals surface area contributed by atoms with E-state index >= 15 is 0 Å². The van der Waals surface area contributed by atoms with Crippen molar-refractivity contribution < 1.29 is 4.74 Å². The zero-order valence-corrected chi connectivity index (χ0v) is 14.3. The Balaban J connectivity index is 1.81. The van der Waals surface area contributed by atoms with Gasteiger partial charge in [0.15, 0.2) is 5.13 Å². The van der Waals surface area contributed by atoms with E-state index in [9.17, 15) is 9.59 Å². The third kappa shape index (κ3) is 3.39. The molecule has 0 bridgehead atoms. The van der Waals surface area contributed by atoms with E-state index in [4.69, 9.17) is 4.74 Å². The van der Waals surface area contributed by atoms with Gasteiger partial charge in [-0.05, 0) is 18.6 Å². The number of nitrogens with zero attached hydrogens (tertiary/aromatic N) is 2. The molecule has 0 unspecified atom stereocenters. The van der Waals surface area contributed by atoms with Gasteiger partial charge < -0.3 is 10.1 Å². The van der Waals surface area contributed by atoms with Crippen molar-refractivity contribution in [2.24, 2.45) is 0 Å². The molecule has 7 nitrogen and oxygen atoms in total. The number of hydrogen-bond donors (Lipinski definition) is 2. The Morgan fingerprint density at radius 2 is 2.21 bits per heavy atom. The number of nitrogens with one attached hydrogen (secondary N) is 2. The zero-order valence-electron chi connectivity index (χ0n) is 13.5. The normalized spacial score (nSPS) is 11.1. The van der Waals surface area contributed by atoms with Crippen molar-refractivity contribution in [3.8, 4) is 0 Å². The average Bonchev–Trinajstić information content (AvgIpc) is 2.98. The molecule has 2 aromatic heterocycles. The van der Waals surface area contributed by atoms with E-state index in [-0.39, 0.29) is 0 Å². The van der Waals surface area contributed by atoms with Crippen molar-refractivity contribution in [1.29, 1.82) is 0 Å². The Morgan fingerprint density at radius 3 is 2.96 bits per heavy atom. The topological polar surface area (TPSA) is 89.0 Å². The molecular weight excluding hydrogens is 328 g/mol. The van der Waals surface area contributed by atoms with Crippen molar-refractivity contribution in [1.82, 2.24) is 14.5 Å². The molecule has 2 heterocycles. The number of H-pyrrole nitrogens is 1. The second-order valence-corrected chi connectivity index (χ2v) is 6.39. The van der Waals surface area contributed by atoms with Crippen molar-refractivity contribution in [3.63, 3.8) is 0 Å². The van der Waals surface area contributed by atoms with E-state index in [0.717, 1.165) is 15.3 Å². The summed E-state index contributed by atoms with van der Waals surface area (Å²) in [5.74, 6) is 0. The minimum absolute atomic E-state index is 0.293. The maximum absolute atomic E-state index is 12.0. The van der Waals surface area contributed by atoms with Crippen LogP contribution in [-0.4, -0.2) is 28.3 Å². The monoisotopic (exact) mass is 346 g/mol. The summed E-state index contributed by atoms with van der Waals surface area (Å²) in [7, 11) is 1.56. The summed E-state index contributed by atoms with van der Waals surface area (Å²) in [5.41, 5.74) is 1.75. The molecule has 0 radical (unpaired) electrons. The summed E-state index contributed by atoms with van der Waals surface area (Å²) in [6.07, 6.45) is 1.56. The van der Waals surface area contributed by atoms with Crippen LogP contribution in [0.5, 0.6) is 0 Å².